The zero-order chi connectivity index (χ0) is 14.9. The average molecular weight is 290 g/mol. The smallest absolute Gasteiger partial charge is 0.0756 e. The highest BCUT2D eigenvalue weighted by Crippen LogP contribution is 2.30. The van der Waals surface area contributed by atoms with Gasteiger partial charge in [-0.15, -0.1) is 0 Å². The molecule has 1 fully saturated rings. The van der Waals surface area contributed by atoms with Crippen molar-refractivity contribution in [2.24, 2.45) is 5.92 Å². The number of hydrogen-bond donors (Lipinski definition) is 1. The van der Waals surface area contributed by atoms with E-state index in [4.69, 9.17) is 4.74 Å². The van der Waals surface area contributed by atoms with Crippen LogP contribution < -0.4 is 5.32 Å². The molecule has 0 bridgehead atoms. The lowest BCUT2D eigenvalue weighted by molar-refractivity contribution is 0.00811. The van der Waals surface area contributed by atoms with E-state index >= 15 is 0 Å². The quantitative estimate of drug-likeness (QED) is 0.794. The number of hydrogen-bond acceptors (Lipinski definition) is 3. The highest BCUT2D eigenvalue weighted by Gasteiger charge is 2.30. The number of nitrogens with zero attached hydrogens (tertiary/aromatic N) is 1. The van der Waals surface area contributed by atoms with Gasteiger partial charge in [0.2, 0.25) is 0 Å². The van der Waals surface area contributed by atoms with Gasteiger partial charge in [0.05, 0.1) is 6.10 Å². The van der Waals surface area contributed by atoms with Crippen LogP contribution in [0.1, 0.15) is 51.1 Å². The molecular weight excluding hydrogens is 260 g/mol. The molecule has 1 aromatic rings. The minimum atomic E-state index is 0.304. The molecule has 0 saturated heterocycles. The van der Waals surface area contributed by atoms with E-state index in [9.17, 15) is 0 Å². The Morgan fingerprint density at radius 2 is 2.10 bits per heavy atom. The van der Waals surface area contributed by atoms with Crippen molar-refractivity contribution >= 4 is 0 Å². The predicted octanol–water partition coefficient (Wildman–Crippen LogP) is 3.59. The summed E-state index contributed by atoms with van der Waals surface area (Å²) in [5, 5.41) is 3.70. The first-order valence-electron chi connectivity index (χ1n) is 8.51. The Morgan fingerprint density at radius 1 is 1.29 bits per heavy atom. The van der Waals surface area contributed by atoms with Gasteiger partial charge in [-0.05, 0) is 43.9 Å². The van der Waals surface area contributed by atoms with Crippen LogP contribution in [0.25, 0.3) is 0 Å². The highest BCUT2D eigenvalue weighted by atomic mass is 16.5. The number of aromatic nitrogens is 1. The third-order valence-corrected chi connectivity index (χ3v) is 4.59. The van der Waals surface area contributed by atoms with Crippen molar-refractivity contribution in [2.45, 2.75) is 64.0 Å². The maximum atomic E-state index is 5.93. The van der Waals surface area contributed by atoms with Gasteiger partial charge in [0.25, 0.3) is 0 Å². The molecule has 3 nitrogen and oxygen atoms in total. The summed E-state index contributed by atoms with van der Waals surface area (Å²) < 4.78 is 5.93. The molecule has 0 aliphatic heterocycles. The first kappa shape index (κ1) is 16.4. The van der Waals surface area contributed by atoms with Crippen LogP contribution in [0.15, 0.2) is 24.4 Å². The summed E-state index contributed by atoms with van der Waals surface area (Å²) in [5.41, 5.74) is 1.16. The van der Waals surface area contributed by atoms with Gasteiger partial charge in [0.1, 0.15) is 0 Å². The molecule has 21 heavy (non-hydrogen) atoms. The fraction of sp³-hybridized carbons (Fsp3) is 0.722. The van der Waals surface area contributed by atoms with Crippen molar-refractivity contribution in [1.82, 2.24) is 10.3 Å². The van der Waals surface area contributed by atoms with Gasteiger partial charge in [0.15, 0.2) is 0 Å². The molecule has 1 N–H and O–H groups in total. The second-order valence-corrected chi connectivity index (χ2v) is 6.18. The standard InChI is InChI=1S/C18H30N2O/c1-3-12-20-17(14-16-11-7-8-13-19-16)18(21-2)15-9-5-4-6-10-15/h7-8,11,13,15,17-18,20H,3-6,9-10,12,14H2,1-2H3. The molecule has 0 radical (unpaired) electrons. The number of methoxy groups -OCH3 is 1. The summed E-state index contributed by atoms with van der Waals surface area (Å²) in [6.07, 6.45) is 11.0. The van der Waals surface area contributed by atoms with Crippen LogP contribution in [0.2, 0.25) is 0 Å². The minimum Gasteiger partial charge on any atom is -0.380 e. The fourth-order valence-corrected chi connectivity index (χ4v) is 3.53. The third-order valence-electron chi connectivity index (χ3n) is 4.59. The molecule has 2 unspecified atom stereocenters. The molecule has 1 aliphatic rings. The summed E-state index contributed by atoms with van der Waals surface area (Å²) in [7, 11) is 1.87. The lowest BCUT2D eigenvalue weighted by atomic mass is 9.81. The van der Waals surface area contributed by atoms with Gasteiger partial charge in [-0.25, -0.2) is 0 Å². The Balaban J connectivity index is 2.04. The molecule has 1 heterocycles. The number of ether oxygens (including phenoxy) is 1. The molecule has 2 rings (SSSR count). The minimum absolute atomic E-state index is 0.304. The molecule has 3 heteroatoms. The van der Waals surface area contributed by atoms with E-state index in [0.717, 1.165) is 25.1 Å². The molecule has 1 aliphatic carbocycles. The second kappa shape index (κ2) is 9.16. The zero-order valence-corrected chi connectivity index (χ0v) is 13.6. The predicted molar refractivity (Wildman–Crippen MR) is 87.4 cm³/mol. The number of nitrogens with one attached hydrogen (secondary N) is 1. The van der Waals surface area contributed by atoms with Crippen LogP contribution in [-0.2, 0) is 11.2 Å². The van der Waals surface area contributed by atoms with Gasteiger partial charge in [0, 0.05) is 31.5 Å². The van der Waals surface area contributed by atoms with Crippen LogP contribution in [0, 0.1) is 5.92 Å². The summed E-state index contributed by atoms with van der Waals surface area (Å²) in [4.78, 5) is 4.49. The van der Waals surface area contributed by atoms with E-state index in [0.29, 0.717) is 18.1 Å². The average Bonchev–Trinajstić information content (AvgIpc) is 2.55. The topological polar surface area (TPSA) is 34.2 Å². The van der Waals surface area contributed by atoms with Crippen molar-refractivity contribution in [3.05, 3.63) is 30.1 Å². The largest absolute Gasteiger partial charge is 0.380 e. The molecule has 0 spiro atoms. The van der Waals surface area contributed by atoms with E-state index in [1.165, 1.54) is 32.1 Å². The first-order valence-corrected chi connectivity index (χ1v) is 8.51. The van der Waals surface area contributed by atoms with Gasteiger partial charge in [-0.1, -0.05) is 32.3 Å². The first-order chi connectivity index (χ1) is 10.3. The summed E-state index contributed by atoms with van der Waals surface area (Å²) >= 11 is 0. The van der Waals surface area contributed by atoms with Crippen LogP contribution in [-0.4, -0.2) is 30.8 Å². The van der Waals surface area contributed by atoms with E-state index in [1.54, 1.807) is 0 Å². The van der Waals surface area contributed by atoms with Crippen molar-refractivity contribution in [2.75, 3.05) is 13.7 Å². The van der Waals surface area contributed by atoms with Crippen LogP contribution >= 0.6 is 0 Å². The summed E-state index contributed by atoms with van der Waals surface area (Å²) in [6, 6.07) is 6.54. The molecule has 1 aromatic heterocycles. The highest BCUT2D eigenvalue weighted by molar-refractivity contribution is 5.06. The summed E-state index contributed by atoms with van der Waals surface area (Å²) in [5.74, 6) is 0.696. The van der Waals surface area contributed by atoms with Gasteiger partial charge < -0.3 is 10.1 Å². The lowest BCUT2D eigenvalue weighted by Crippen LogP contribution is -2.47. The van der Waals surface area contributed by atoms with E-state index in [1.807, 2.05) is 19.4 Å². The SMILES string of the molecule is CCCNC(Cc1ccccn1)C(OC)C1CCCCC1. The second-order valence-electron chi connectivity index (χ2n) is 6.18. The molecular formula is C18H30N2O. The van der Waals surface area contributed by atoms with E-state index in [-0.39, 0.29) is 0 Å². The Kier molecular flexibility index (Phi) is 7.17. The Morgan fingerprint density at radius 3 is 2.71 bits per heavy atom. The van der Waals surface area contributed by atoms with E-state index < -0.39 is 0 Å². The Bertz CT molecular complexity index is 376. The Labute approximate surface area is 129 Å². The van der Waals surface area contributed by atoms with Gasteiger partial charge >= 0.3 is 0 Å². The van der Waals surface area contributed by atoms with E-state index in [2.05, 4.69) is 29.4 Å². The molecule has 0 aromatic carbocycles. The zero-order valence-electron chi connectivity index (χ0n) is 13.6. The Hall–Kier alpha value is -0.930. The summed E-state index contributed by atoms with van der Waals surface area (Å²) in [6.45, 7) is 3.26. The van der Waals surface area contributed by atoms with Crippen molar-refractivity contribution in [1.29, 1.82) is 0 Å². The molecule has 118 valence electrons. The van der Waals surface area contributed by atoms with Crippen molar-refractivity contribution in [3.63, 3.8) is 0 Å². The van der Waals surface area contributed by atoms with Crippen LogP contribution in [0.3, 0.4) is 0 Å². The van der Waals surface area contributed by atoms with Crippen LogP contribution in [0.4, 0.5) is 0 Å². The maximum Gasteiger partial charge on any atom is 0.0756 e. The van der Waals surface area contributed by atoms with Crippen molar-refractivity contribution in [3.8, 4) is 0 Å². The molecule has 2 atom stereocenters. The molecule has 1 saturated carbocycles. The lowest BCUT2D eigenvalue weighted by Gasteiger charge is -2.35. The fourth-order valence-electron chi connectivity index (χ4n) is 3.53. The maximum absolute atomic E-state index is 5.93. The third kappa shape index (κ3) is 5.08. The monoisotopic (exact) mass is 290 g/mol. The molecule has 0 amide bonds. The van der Waals surface area contributed by atoms with Gasteiger partial charge in [-0.3, -0.25) is 4.98 Å². The number of pyridine rings is 1. The number of rotatable bonds is 8. The van der Waals surface area contributed by atoms with Gasteiger partial charge in [-0.2, -0.15) is 0 Å². The van der Waals surface area contributed by atoms with Crippen molar-refractivity contribution < 1.29 is 4.74 Å². The van der Waals surface area contributed by atoms with Crippen LogP contribution in [0.5, 0.6) is 0 Å². The normalized spacial score (nSPS) is 19.3.